The highest BCUT2D eigenvalue weighted by Crippen LogP contribution is 2.29. The third kappa shape index (κ3) is 6.72. The Balaban J connectivity index is 0.00000256. The van der Waals surface area contributed by atoms with Crippen molar-refractivity contribution >= 4 is 35.8 Å². The molecule has 0 unspecified atom stereocenters. The van der Waals surface area contributed by atoms with Gasteiger partial charge in [-0.25, -0.2) is 9.97 Å². The van der Waals surface area contributed by atoms with Gasteiger partial charge in [0.2, 0.25) is 5.88 Å². The van der Waals surface area contributed by atoms with Gasteiger partial charge < -0.3 is 20.3 Å². The maximum Gasteiger partial charge on any atom is 0.213 e. The molecular weight excluding hydrogens is 491 g/mol. The number of aromatic nitrogens is 2. The topological polar surface area (TPSA) is 74.7 Å². The van der Waals surface area contributed by atoms with Gasteiger partial charge in [0.15, 0.2) is 5.96 Å². The number of nitrogens with one attached hydrogen (secondary N) is 2. The summed E-state index contributed by atoms with van der Waals surface area (Å²) in [6.45, 7) is 3.47. The van der Waals surface area contributed by atoms with Crippen LogP contribution in [0.25, 0.3) is 0 Å². The van der Waals surface area contributed by atoms with E-state index in [2.05, 4.69) is 36.6 Å². The van der Waals surface area contributed by atoms with Gasteiger partial charge in [0, 0.05) is 51.2 Å². The van der Waals surface area contributed by atoms with Crippen LogP contribution in [0.15, 0.2) is 47.7 Å². The van der Waals surface area contributed by atoms with E-state index in [1.807, 2.05) is 43.7 Å². The lowest BCUT2D eigenvalue weighted by Gasteiger charge is -2.33. The Kier molecular flexibility index (Phi) is 8.53. The van der Waals surface area contributed by atoms with Crippen LogP contribution in [0, 0.1) is 5.92 Å². The van der Waals surface area contributed by atoms with Crippen molar-refractivity contribution in [3.63, 3.8) is 0 Å². The van der Waals surface area contributed by atoms with Crippen LogP contribution in [0.4, 0.5) is 5.82 Å². The van der Waals surface area contributed by atoms with Crippen molar-refractivity contribution in [2.45, 2.75) is 38.3 Å². The molecule has 1 saturated heterocycles. The molecule has 0 aromatic carbocycles. The minimum Gasteiger partial charge on any atom is -0.477 e. The van der Waals surface area contributed by atoms with Crippen LogP contribution in [0.1, 0.15) is 31.2 Å². The quantitative estimate of drug-likeness (QED) is 0.331. The summed E-state index contributed by atoms with van der Waals surface area (Å²) in [6, 6.07) is 10.5. The Labute approximate surface area is 195 Å². The van der Waals surface area contributed by atoms with Crippen LogP contribution in [-0.2, 0) is 6.54 Å². The number of rotatable bonds is 7. The van der Waals surface area contributed by atoms with Gasteiger partial charge in [-0.2, -0.15) is 0 Å². The number of piperidine rings is 1. The van der Waals surface area contributed by atoms with Crippen molar-refractivity contribution in [1.82, 2.24) is 20.6 Å². The lowest BCUT2D eigenvalue weighted by molar-refractivity contribution is 0.288. The molecule has 1 saturated carbocycles. The smallest absolute Gasteiger partial charge is 0.213 e. The van der Waals surface area contributed by atoms with E-state index in [4.69, 9.17) is 4.74 Å². The molecule has 3 heterocycles. The molecule has 2 aromatic rings. The zero-order chi connectivity index (χ0) is 19.9. The molecule has 0 bridgehead atoms. The van der Waals surface area contributed by atoms with Gasteiger partial charge in [-0.15, -0.1) is 24.0 Å². The molecule has 0 spiro atoms. The molecule has 30 heavy (non-hydrogen) atoms. The molecular formula is C22H31IN6O. The van der Waals surface area contributed by atoms with E-state index < -0.39 is 0 Å². The molecule has 162 valence electrons. The standard InChI is InChI=1S/C22H30N6O.HI/c1-23-22(26-15-18-7-11-25-21(14-18)29-16-17-5-6-17)27-19-8-12-28(13-9-19)20-4-2-3-10-24-20;/h2-4,7,10-11,14,17,19H,5-6,8-9,12-13,15-16H2,1H3,(H2,23,26,27);1H. The average Bonchev–Trinajstić information content (AvgIpc) is 3.61. The van der Waals surface area contributed by atoms with E-state index in [1.54, 1.807) is 0 Å². The summed E-state index contributed by atoms with van der Waals surface area (Å²) in [6.07, 6.45) is 8.35. The second kappa shape index (κ2) is 11.3. The number of guanidine groups is 1. The number of ether oxygens (including phenoxy) is 1. The summed E-state index contributed by atoms with van der Waals surface area (Å²) in [4.78, 5) is 15.5. The molecule has 1 aliphatic carbocycles. The molecule has 2 fully saturated rings. The largest absolute Gasteiger partial charge is 0.477 e. The molecule has 0 radical (unpaired) electrons. The van der Waals surface area contributed by atoms with Crippen LogP contribution in [0.5, 0.6) is 5.88 Å². The maximum atomic E-state index is 5.78. The highest BCUT2D eigenvalue weighted by atomic mass is 127. The summed E-state index contributed by atoms with van der Waals surface area (Å²) < 4.78 is 5.78. The first-order valence-electron chi connectivity index (χ1n) is 10.5. The number of anilines is 1. The van der Waals surface area contributed by atoms with Crippen LogP contribution in [-0.4, -0.2) is 48.7 Å². The van der Waals surface area contributed by atoms with Crippen LogP contribution >= 0.6 is 24.0 Å². The van der Waals surface area contributed by atoms with Crippen LogP contribution in [0.2, 0.25) is 0 Å². The minimum atomic E-state index is 0. The number of halogens is 1. The lowest BCUT2D eigenvalue weighted by Crippen LogP contribution is -2.48. The summed E-state index contributed by atoms with van der Waals surface area (Å²) >= 11 is 0. The van der Waals surface area contributed by atoms with E-state index in [1.165, 1.54) is 12.8 Å². The van der Waals surface area contributed by atoms with Gasteiger partial charge in [0.25, 0.3) is 0 Å². The number of hydrogen-bond donors (Lipinski definition) is 2. The average molecular weight is 522 g/mol. The number of hydrogen-bond acceptors (Lipinski definition) is 5. The van der Waals surface area contributed by atoms with Gasteiger partial charge >= 0.3 is 0 Å². The Hall–Kier alpha value is -2.10. The molecule has 2 N–H and O–H groups in total. The van der Waals surface area contributed by atoms with E-state index in [9.17, 15) is 0 Å². The highest BCUT2D eigenvalue weighted by Gasteiger charge is 2.22. The SMILES string of the molecule is CN=C(NCc1ccnc(OCC2CC2)c1)NC1CCN(c2ccccn2)CC1.I. The zero-order valence-electron chi connectivity index (χ0n) is 17.5. The molecule has 2 aliphatic rings. The maximum absolute atomic E-state index is 5.78. The second-order valence-electron chi connectivity index (χ2n) is 7.78. The van der Waals surface area contributed by atoms with Gasteiger partial charge in [-0.3, -0.25) is 4.99 Å². The first kappa shape index (κ1) is 22.6. The minimum absolute atomic E-state index is 0. The lowest BCUT2D eigenvalue weighted by atomic mass is 10.1. The molecule has 4 rings (SSSR count). The van der Waals surface area contributed by atoms with Crippen LogP contribution in [0.3, 0.4) is 0 Å². The van der Waals surface area contributed by atoms with E-state index in [0.29, 0.717) is 18.5 Å². The number of aliphatic imine (C=N–C) groups is 1. The second-order valence-corrected chi connectivity index (χ2v) is 7.78. The van der Waals surface area contributed by atoms with Crippen LogP contribution < -0.4 is 20.3 Å². The Morgan fingerprint density at radius 1 is 1.13 bits per heavy atom. The van der Waals surface area contributed by atoms with Gasteiger partial charge in [0.1, 0.15) is 5.82 Å². The van der Waals surface area contributed by atoms with Crippen molar-refractivity contribution < 1.29 is 4.74 Å². The molecule has 0 atom stereocenters. The molecule has 0 amide bonds. The predicted octanol–water partition coefficient (Wildman–Crippen LogP) is 3.22. The van der Waals surface area contributed by atoms with Gasteiger partial charge in [0.05, 0.1) is 6.61 Å². The highest BCUT2D eigenvalue weighted by molar-refractivity contribution is 14.0. The first-order chi connectivity index (χ1) is 14.3. The van der Waals surface area contributed by atoms with Gasteiger partial charge in [-0.05, 0) is 55.4 Å². The van der Waals surface area contributed by atoms with E-state index in [0.717, 1.165) is 55.8 Å². The van der Waals surface area contributed by atoms with Crippen molar-refractivity contribution in [3.05, 3.63) is 48.3 Å². The van der Waals surface area contributed by atoms with E-state index >= 15 is 0 Å². The van der Waals surface area contributed by atoms with Crippen molar-refractivity contribution in [1.29, 1.82) is 0 Å². The third-order valence-corrected chi connectivity index (χ3v) is 5.46. The molecule has 7 nitrogen and oxygen atoms in total. The number of pyridine rings is 2. The number of nitrogens with zero attached hydrogens (tertiary/aromatic N) is 4. The van der Waals surface area contributed by atoms with Crippen molar-refractivity contribution in [2.75, 3.05) is 31.6 Å². The summed E-state index contributed by atoms with van der Waals surface area (Å²) in [5.74, 6) is 3.33. The van der Waals surface area contributed by atoms with Gasteiger partial charge in [-0.1, -0.05) is 6.07 Å². The van der Waals surface area contributed by atoms with E-state index in [-0.39, 0.29) is 24.0 Å². The fraction of sp³-hybridized carbons (Fsp3) is 0.500. The Morgan fingerprint density at radius 3 is 2.67 bits per heavy atom. The first-order valence-corrected chi connectivity index (χ1v) is 10.5. The van der Waals surface area contributed by atoms with Crippen molar-refractivity contribution in [3.8, 4) is 5.88 Å². The summed E-state index contributed by atoms with van der Waals surface area (Å²) in [5, 5.41) is 6.97. The molecule has 8 heteroatoms. The third-order valence-electron chi connectivity index (χ3n) is 5.46. The molecule has 1 aliphatic heterocycles. The summed E-state index contributed by atoms with van der Waals surface area (Å²) in [5.41, 5.74) is 1.14. The fourth-order valence-corrected chi connectivity index (χ4v) is 3.49. The summed E-state index contributed by atoms with van der Waals surface area (Å²) in [7, 11) is 1.81. The van der Waals surface area contributed by atoms with Crippen molar-refractivity contribution in [2.24, 2.45) is 10.9 Å². The zero-order valence-corrected chi connectivity index (χ0v) is 19.8. The molecule has 2 aromatic heterocycles. The predicted molar refractivity (Wildman–Crippen MR) is 131 cm³/mol. The fourth-order valence-electron chi connectivity index (χ4n) is 3.49. The Morgan fingerprint density at radius 2 is 1.97 bits per heavy atom. The Bertz CT molecular complexity index is 806. The normalized spacial score (nSPS) is 17.2. The monoisotopic (exact) mass is 522 g/mol.